The predicted molar refractivity (Wildman–Crippen MR) is 93.3 cm³/mol. The first-order valence-electron chi connectivity index (χ1n) is 8.49. The minimum Gasteiger partial charge on any atom is -0.379 e. The Morgan fingerprint density at radius 1 is 1.32 bits per heavy atom. The van der Waals surface area contributed by atoms with Gasteiger partial charge in [0.25, 0.3) is 0 Å². The van der Waals surface area contributed by atoms with Gasteiger partial charge < -0.3 is 20.7 Å². The van der Waals surface area contributed by atoms with Crippen LogP contribution in [0.3, 0.4) is 0 Å². The molecule has 1 aliphatic heterocycles. The summed E-state index contributed by atoms with van der Waals surface area (Å²) in [7, 11) is 4.21. The molecule has 22 heavy (non-hydrogen) atoms. The lowest BCUT2D eigenvalue weighted by Gasteiger charge is -2.26. The molecule has 0 radical (unpaired) electrons. The van der Waals surface area contributed by atoms with Crippen LogP contribution in [0.4, 0.5) is 0 Å². The molecule has 0 aromatic carbocycles. The smallest absolute Gasteiger partial charge is 0.188 e. The van der Waals surface area contributed by atoms with Crippen LogP contribution in [0, 0.1) is 5.92 Å². The van der Waals surface area contributed by atoms with E-state index in [9.17, 15) is 0 Å². The maximum atomic E-state index is 5.96. The van der Waals surface area contributed by atoms with Gasteiger partial charge in [0.1, 0.15) is 0 Å². The van der Waals surface area contributed by atoms with Crippen LogP contribution in [0.15, 0.2) is 4.99 Å². The van der Waals surface area contributed by atoms with Crippen molar-refractivity contribution in [3.63, 3.8) is 0 Å². The Hall–Kier alpha value is -0.850. The van der Waals surface area contributed by atoms with Crippen LogP contribution in [-0.4, -0.2) is 81.8 Å². The number of hydrogen-bond acceptors (Lipinski definition) is 4. The summed E-state index contributed by atoms with van der Waals surface area (Å²) in [5, 5.41) is 3.22. The zero-order valence-corrected chi connectivity index (χ0v) is 14.8. The molecule has 0 bridgehead atoms. The Morgan fingerprint density at radius 3 is 2.59 bits per heavy atom. The van der Waals surface area contributed by atoms with E-state index in [-0.39, 0.29) is 0 Å². The van der Waals surface area contributed by atoms with E-state index >= 15 is 0 Å². The van der Waals surface area contributed by atoms with Crippen LogP contribution < -0.4 is 11.1 Å². The third kappa shape index (κ3) is 8.56. The van der Waals surface area contributed by atoms with Crippen LogP contribution in [0.25, 0.3) is 0 Å². The molecule has 6 nitrogen and oxygen atoms in total. The van der Waals surface area contributed by atoms with Crippen LogP contribution in [0.5, 0.6) is 0 Å². The topological polar surface area (TPSA) is 66.1 Å². The van der Waals surface area contributed by atoms with Crippen LogP contribution in [0.1, 0.15) is 26.7 Å². The summed E-state index contributed by atoms with van der Waals surface area (Å²) in [6.07, 6.45) is 2.22. The lowest BCUT2D eigenvalue weighted by molar-refractivity contribution is 0.0376. The molecule has 0 spiro atoms. The second kappa shape index (κ2) is 10.8. The van der Waals surface area contributed by atoms with Crippen LogP contribution >= 0.6 is 0 Å². The van der Waals surface area contributed by atoms with Crippen molar-refractivity contribution in [3.8, 4) is 0 Å². The minimum absolute atomic E-state index is 0.452. The molecule has 1 fully saturated rings. The highest BCUT2D eigenvalue weighted by Gasteiger charge is 2.13. The van der Waals surface area contributed by atoms with Crippen LogP contribution in [0.2, 0.25) is 0 Å². The summed E-state index contributed by atoms with van der Waals surface area (Å²) < 4.78 is 5.34. The Kier molecular flexibility index (Phi) is 9.43. The van der Waals surface area contributed by atoms with E-state index in [0.717, 1.165) is 58.8 Å². The zero-order chi connectivity index (χ0) is 16.4. The summed E-state index contributed by atoms with van der Waals surface area (Å²) >= 11 is 0. The Labute approximate surface area is 136 Å². The number of nitrogens with zero attached hydrogens (tertiary/aromatic N) is 3. The molecule has 0 aliphatic carbocycles. The Bertz CT molecular complexity index is 314. The van der Waals surface area contributed by atoms with E-state index in [4.69, 9.17) is 10.5 Å². The maximum Gasteiger partial charge on any atom is 0.188 e. The molecule has 1 heterocycles. The second-order valence-electron chi connectivity index (χ2n) is 6.71. The van der Waals surface area contributed by atoms with Gasteiger partial charge in [-0.05, 0) is 39.4 Å². The van der Waals surface area contributed by atoms with E-state index in [1.165, 1.54) is 0 Å². The standard InChI is InChI=1S/C16H35N5O/c1-14(2)12-15(20(3)4)13-19-16(17)18-6-5-7-21-8-10-22-11-9-21/h14-15H,5-13H2,1-4H3,(H3,17,18,19). The van der Waals surface area contributed by atoms with Gasteiger partial charge in [-0.25, -0.2) is 0 Å². The highest BCUT2D eigenvalue weighted by atomic mass is 16.5. The van der Waals surface area contributed by atoms with Crippen molar-refractivity contribution in [2.75, 3.05) is 60.0 Å². The zero-order valence-electron chi connectivity index (χ0n) is 14.8. The number of likely N-dealkylation sites (N-methyl/N-ethyl adjacent to an activating group) is 1. The largest absolute Gasteiger partial charge is 0.379 e. The number of nitrogens with two attached hydrogens (primary N) is 1. The third-order valence-electron chi connectivity index (χ3n) is 4.01. The molecule has 0 aromatic heterocycles. The summed E-state index contributed by atoms with van der Waals surface area (Å²) in [6, 6.07) is 0.452. The van der Waals surface area contributed by atoms with Gasteiger partial charge in [0.15, 0.2) is 5.96 Å². The predicted octanol–water partition coefficient (Wildman–Crippen LogP) is 0.589. The van der Waals surface area contributed by atoms with Gasteiger partial charge >= 0.3 is 0 Å². The number of hydrogen-bond donors (Lipinski definition) is 2. The van der Waals surface area contributed by atoms with Gasteiger partial charge in [-0.15, -0.1) is 0 Å². The summed E-state index contributed by atoms with van der Waals surface area (Å²) in [4.78, 5) is 9.16. The highest BCUT2D eigenvalue weighted by molar-refractivity contribution is 5.77. The van der Waals surface area contributed by atoms with Crippen molar-refractivity contribution in [1.29, 1.82) is 0 Å². The van der Waals surface area contributed by atoms with E-state index < -0.39 is 0 Å². The van der Waals surface area contributed by atoms with Gasteiger partial charge in [-0.3, -0.25) is 9.89 Å². The van der Waals surface area contributed by atoms with Crippen LogP contribution in [-0.2, 0) is 4.74 Å². The number of guanidine groups is 1. The van der Waals surface area contributed by atoms with E-state index in [2.05, 4.69) is 48.1 Å². The Morgan fingerprint density at radius 2 is 2.00 bits per heavy atom. The van der Waals surface area contributed by atoms with Crippen molar-refractivity contribution >= 4 is 5.96 Å². The van der Waals surface area contributed by atoms with E-state index in [0.29, 0.717) is 17.9 Å². The van der Waals surface area contributed by atoms with Gasteiger partial charge in [0, 0.05) is 25.7 Å². The maximum absolute atomic E-state index is 5.96. The molecule has 1 saturated heterocycles. The van der Waals surface area contributed by atoms with Crippen molar-refractivity contribution < 1.29 is 4.74 Å². The minimum atomic E-state index is 0.452. The highest BCUT2D eigenvalue weighted by Crippen LogP contribution is 2.09. The average Bonchev–Trinajstić information content (AvgIpc) is 2.48. The van der Waals surface area contributed by atoms with E-state index in [1.54, 1.807) is 0 Å². The SMILES string of the molecule is CC(C)CC(CN=C(N)NCCCN1CCOCC1)N(C)C. The first-order valence-corrected chi connectivity index (χ1v) is 8.49. The molecular weight excluding hydrogens is 278 g/mol. The fourth-order valence-electron chi connectivity index (χ4n) is 2.60. The number of rotatable bonds is 9. The number of morpholine rings is 1. The van der Waals surface area contributed by atoms with Crippen molar-refractivity contribution in [1.82, 2.24) is 15.1 Å². The number of ether oxygens (including phenoxy) is 1. The summed E-state index contributed by atoms with van der Waals surface area (Å²) in [5.74, 6) is 1.24. The average molecular weight is 313 g/mol. The molecule has 1 aliphatic rings. The molecule has 3 N–H and O–H groups in total. The third-order valence-corrected chi connectivity index (χ3v) is 4.01. The van der Waals surface area contributed by atoms with E-state index in [1.807, 2.05) is 0 Å². The van der Waals surface area contributed by atoms with Gasteiger partial charge in [0.2, 0.25) is 0 Å². The molecule has 130 valence electrons. The van der Waals surface area contributed by atoms with Crippen molar-refractivity contribution in [2.24, 2.45) is 16.6 Å². The molecule has 1 unspecified atom stereocenters. The monoisotopic (exact) mass is 313 g/mol. The molecule has 0 aromatic rings. The fraction of sp³-hybridized carbons (Fsp3) is 0.938. The normalized spacial score (nSPS) is 18.9. The van der Waals surface area contributed by atoms with Gasteiger partial charge in [-0.1, -0.05) is 13.8 Å². The summed E-state index contributed by atoms with van der Waals surface area (Å²) in [6.45, 7) is 11.0. The molecular formula is C16H35N5O. The molecule has 1 atom stereocenters. The number of aliphatic imine (C=N–C) groups is 1. The molecule has 0 amide bonds. The van der Waals surface area contributed by atoms with Gasteiger partial charge in [-0.2, -0.15) is 0 Å². The number of nitrogens with one attached hydrogen (secondary N) is 1. The summed E-state index contributed by atoms with van der Waals surface area (Å²) in [5.41, 5.74) is 5.96. The van der Waals surface area contributed by atoms with Crippen molar-refractivity contribution in [2.45, 2.75) is 32.7 Å². The first-order chi connectivity index (χ1) is 10.5. The molecule has 1 rings (SSSR count). The van der Waals surface area contributed by atoms with Gasteiger partial charge in [0.05, 0.1) is 19.8 Å². The molecule has 6 heteroatoms. The lowest BCUT2D eigenvalue weighted by atomic mass is 10.0. The second-order valence-corrected chi connectivity index (χ2v) is 6.71. The first kappa shape index (κ1) is 19.2. The lowest BCUT2D eigenvalue weighted by Crippen LogP contribution is -2.39. The fourth-order valence-corrected chi connectivity index (χ4v) is 2.60. The quantitative estimate of drug-likeness (QED) is 0.370. The molecule has 0 saturated carbocycles. The Balaban J connectivity index is 2.18. The van der Waals surface area contributed by atoms with Crippen molar-refractivity contribution in [3.05, 3.63) is 0 Å².